The van der Waals surface area contributed by atoms with E-state index >= 15 is 0 Å². The average molecular weight is 405 g/mol. The van der Waals surface area contributed by atoms with Gasteiger partial charge in [-0.1, -0.05) is 17.7 Å². The lowest BCUT2D eigenvalue weighted by atomic mass is 10.2. The molecule has 2 aromatic rings. The molecule has 3 amide bonds. The minimum absolute atomic E-state index is 0.0281. The fraction of sp³-hybridized carbons (Fsp3) is 0.125. The number of urea groups is 1. The van der Waals surface area contributed by atoms with Crippen LogP contribution in [0.5, 0.6) is 11.5 Å². The van der Waals surface area contributed by atoms with Crippen LogP contribution < -0.4 is 20.1 Å². The summed E-state index contributed by atoms with van der Waals surface area (Å²) < 4.78 is 61.6. The number of hydrogen-bond donors (Lipinski definition) is 2. The van der Waals surface area contributed by atoms with Crippen LogP contribution in [0.2, 0.25) is 5.02 Å². The van der Waals surface area contributed by atoms with Crippen LogP contribution in [0.4, 0.5) is 28.0 Å². The molecule has 0 fully saturated rings. The van der Waals surface area contributed by atoms with Crippen molar-refractivity contribution in [3.05, 3.63) is 52.8 Å². The van der Waals surface area contributed by atoms with Gasteiger partial charge in [0, 0.05) is 11.8 Å². The number of carbonyl (C=O) groups excluding carboxylic acids is 2. The molecular formula is C16H9ClF4N2O4. The highest BCUT2D eigenvalue weighted by Crippen LogP contribution is 2.41. The minimum atomic E-state index is -4.15. The Labute approximate surface area is 154 Å². The Morgan fingerprint density at radius 1 is 1.15 bits per heavy atom. The number of amides is 3. The van der Waals surface area contributed by atoms with Crippen molar-refractivity contribution in [1.82, 2.24) is 5.32 Å². The lowest BCUT2D eigenvalue weighted by Crippen LogP contribution is -2.43. The number of alkyl halides is 3. The van der Waals surface area contributed by atoms with Crippen LogP contribution in [0, 0.1) is 5.82 Å². The molecule has 142 valence electrons. The molecule has 27 heavy (non-hydrogen) atoms. The zero-order valence-electron chi connectivity index (χ0n) is 13.1. The van der Waals surface area contributed by atoms with Gasteiger partial charge in [-0.25, -0.2) is 9.18 Å². The van der Waals surface area contributed by atoms with E-state index in [-0.39, 0.29) is 16.5 Å². The predicted molar refractivity (Wildman–Crippen MR) is 85.4 cm³/mol. The standard InChI is InChI=1S/C16H9ClF4N2O4/c17-8-2-1-3-9(18)12(8)13(24)23-15(25)22-7-4-5-10-11(6-7)26-14(19)16(20,21)27-10/h1-6,14H,(H2,22,23,24,25). The van der Waals surface area contributed by atoms with E-state index in [0.717, 1.165) is 24.3 Å². The summed E-state index contributed by atoms with van der Waals surface area (Å²) in [6.45, 7) is 0. The molecule has 1 atom stereocenters. The first kappa shape index (κ1) is 18.8. The Hall–Kier alpha value is -3.01. The maximum Gasteiger partial charge on any atom is 0.468 e. The molecule has 0 saturated carbocycles. The fourth-order valence-corrected chi connectivity index (χ4v) is 2.43. The first-order chi connectivity index (χ1) is 12.7. The Morgan fingerprint density at radius 2 is 1.89 bits per heavy atom. The number of imide groups is 1. The molecule has 0 bridgehead atoms. The third kappa shape index (κ3) is 3.90. The van der Waals surface area contributed by atoms with Gasteiger partial charge in [0.25, 0.3) is 5.91 Å². The number of nitrogens with one attached hydrogen (secondary N) is 2. The van der Waals surface area contributed by atoms with E-state index in [1.807, 2.05) is 5.32 Å². The van der Waals surface area contributed by atoms with Gasteiger partial charge in [0.2, 0.25) is 0 Å². The molecule has 6 nitrogen and oxygen atoms in total. The molecule has 1 unspecified atom stereocenters. The number of anilines is 1. The van der Waals surface area contributed by atoms with Crippen molar-refractivity contribution < 1.29 is 36.6 Å². The maximum atomic E-state index is 13.7. The second-order valence-corrected chi connectivity index (χ2v) is 5.67. The van der Waals surface area contributed by atoms with Crippen LogP contribution in [0.3, 0.4) is 0 Å². The van der Waals surface area contributed by atoms with Gasteiger partial charge in [-0.15, -0.1) is 0 Å². The van der Waals surface area contributed by atoms with Gasteiger partial charge in [-0.3, -0.25) is 10.1 Å². The van der Waals surface area contributed by atoms with Crippen LogP contribution >= 0.6 is 11.6 Å². The number of halogens is 5. The van der Waals surface area contributed by atoms with Crippen molar-refractivity contribution in [3.8, 4) is 11.5 Å². The van der Waals surface area contributed by atoms with Crippen LogP contribution in [0.1, 0.15) is 10.4 Å². The first-order valence-electron chi connectivity index (χ1n) is 7.25. The molecule has 0 saturated heterocycles. The summed E-state index contributed by atoms with van der Waals surface area (Å²) in [6, 6.07) is 5.64. The van der Waals surface area contributed by atoms with E-state index < -0.39 is 41.5 Å². The molecule has 2 N–H and O–H groups in total. The number of ether oxygens (including phenoxy) is 2. The van der Waals surface area contributed by atoms with E-state index in [2.05, 4.69) is 14.8 Å². The largest absolute Gasteiger partial charge is 0.468 e. The van der Waals surface area contributed by atoms with E-state index in [4.69, 9.17) is 11.6 Å². The van der Waals surface area contributed by atoms with Crippen LogP contribution in [0.15, 0.2) is 36.4 Å². The summed E-state index contributed by atoms with van der Waals surface area (Å²) in [7, 11) is 0. The molecule has 0 radical (unpaired) electrons. The number of rotatable bonds is 2. The van der Waals surface area contributed by atoms with Crippen molar-refractivity contribution >= 4 is 29.2 Å². The summed E-state index contributed by atoms with van der Waals surface area (Å²) in [4.78, 5) is 23.8. The molecule has 1 aliphatic heterocycles. The highest BCUT2D eigenvalue weighted by Gasteiger charge is 2.49. The Morgan fingerprint density at radius 3 is 2.59 bits per heavy atom. The second kappa shape index (κ2) is 6.95. The average Bonchev–Trinajstić information content (AvgIpc) is 2.55. The van der Waals surface area contributed by atoms with Gasteiger partial charge in [0.1, 0.15) is 5.82 Å². The normalized spacial score (nSPS) is 17.1. The fourth-order valence-electron chi connectivity index (χ4n) is 2.18. The summed E-state index contributed by atoms with van der Waals surface area (Å²) >= 11 is 5.72. The molecule has 2 aromatic carbocycles. The first-order valence-corrected chi connectivity index (χ1v) is 7.63. The molecule has 1 aliphatic rings. The molecule has 0 spiro atoms. The third-order valence-corrected chi connectivity index (χ3v) is 3.67. The monoisotopic (exact) mass is 404 g/mol. The van der Waals surface area contributed by atoms with Gasteiger partial charge in [-0.05, 0) is 24.3 Å². The Balaban J connectivity index is 1.70. The van der Waals surface area contributed by atoms with Crippen LogP contribution in [-0.4, -0.2) is 24.4 Å². The summed E-state index contributed by atoms with van der Waals surface area (Å²) in [5.74, 6) is -2.84. The second-order valence-electron chi connectivity index (χ2n) is 5.26. The quantitative estimate of drug-likeness (QED) is 0.739. The number of benzene rings is 2. The SMILES string of the molecule is O=C(NC(=O)c1c(F)cccc1Cl)Nc1ccc2c(c1)OC(F)C(F)(F)O2. The smallest absolute Gasteiger partial charge is 0.447 e. The van der Waals surface area contributed by atoms with Gasteiger partial charge in [-0.2, -0.15) is 13.2 Å². The van der Waals surface area contributed by atoms with Crippen molar-refractivity contribution in [2.45, 2.75) is 12.5 Å². The zero-order valence-corrected chi connectivity index (χ0v) is 13.8. The van der Waals surface area contributed by atoms with E-state index in [1.165, 1.54) is 12.1 Å². The Kier molecular flexibility index (Phi) is 4.83. The van der Waals surface area contributed by atoms with Crippen molar-refractivity contribution in [1.29, 1.82) is 0 Å². The lowest BCUT2D eigenvalue weighted by Gasteiger charge is -2.28. The summed E-state index contributed by atoms with van der Waals surface area (Å²) in [5.41, 5.74) is -0.557. The maximum absolute atomic E-state index is 13.7. The molecule has 0 aliphatic carbocycles. The van der Waals surface area contributed by atoms with Crippen molar-refractivity contribution in [2.24, 2.45) is 0 Å². The third-order valence-electron chi connectivity index (χ3n) is 3.36. The highest BCUT2D eigenvalue weighted by molar-refractivity contribution is 6.34. The molecule has 3 rings (SSSR count). The van der Waals surface area contributed by atoms with E-state index in [9.17, 15) is 27.2 Å². The highest BCUT2D eigenvalue weighted by atomic mass is 35.5. The summed E-state index contributed by atoms with van der Waals surface area (Å²) in [5, 5.41) is 3.83. The van der Waals surface area contributed by atoms with Gasteiger partial charge in [0.05, 0.1) is 10.6 Å². The molecular weight excluding hydrogens is 396 g/mol. The van der Waals surface area contributed by atoms with Crippen LogP contribution in [0.25, 0.3) is 0 Å². The van der Waals surface area contributed by atoms with Gasteiger partial charge >= 0.3 is 18.5 Å². The van der Waals surface area contributed by atoms with Gasteiger partial charge < -0.3 is 14.8 Å². The zero-order chi connectivity index (χ0) is 19.8. The van der Waals surface area contributed by atoms with E-state index in [0.29, 0.717) is 0 Å². The van der Waals surface area contributed by atoms with Gasteiger partial charge in [0.15, 0.2) is 11.5 Å². The molecule has 11 heteroatoms. The number of carbonyl (C=O) groups is 2. The van der Waals surface area contributed by atoms with Crippen LogP contribution in [-0.2, 0) is 0 Å². The molecule has 1 heterocycles. The van der Waals surface area contributed by atoms with Crippen molar-refractivity contribution in [3.63, 3.8) is 0 Å². The predicted octanol–water partition coefficient (Wildman–Crippen LogP) is 4.10. The molecule has 0 aromatic heterocycles. The minimum Gasteiger partial charge on any atom is -0.447 e. The number of hydrogen-bond acceptors (Lipinski definition) is 4. The Bertz CT molecular complexity index is 905. The summed E-state index contributed by atoms with van der Waals surface area (Å²) in [6.07, 6.45) is -7.18. The van der Waals surface area contributed by atoms with Crippen molar-refractivity contribution in [2.75, 3.05) is 5.32 Å². The topological polar surface area (TPSA) is 76.7 Å². The lowest BCUT2D eigenvalue weighted by molar-refractivity contribution is -0.281. The van der Waals surface area contributed by atoms with E-state index in [1.54, 1.807) is 0 Å². The number of fused-ring (bicyclic) bond motifs is 1.